The number of rotatable bonds is 1. The van der Waals surface area contributed by atoms with E-state index in [0.717, 1.165) is 11.8 Å². The molecule has 2 fully saturated rings. The second-order valence-corrected chi connectivity index (χ2v) is 5.15. The molecule has 0 saturated heterocycles. The SMILES string of the molecule is CC12CCC(CC1)[C@]2(C)CCl. The first-order valence-corrected chi connectivity index (χ1v) is 5.22. The lowest BCUT2D eigenvalue weighted by Crippen LogP contribution is -2.32. The molecule has 0 aliphatic heterocycles. The van der Waals surface area contributed by atoms with E-state index in [-0.39, 0.29) is 0 Å². The summed E-state index contributed by atoms with van der Waals surface area (Å²) in [5, 5.41) is 0. The summed E-state index contributed by atoms with van der Waals surface area (Å²) < 4.78 is 0. The van der Waals surface area contributed by atoms with E-state index in [1.807, 2.05) is 0 Å². The third-order valence-corrected chi connectivity index (χ3v) is 5.20. The Labute approximate surface area is 74.3 Å². The van der Waals surface area contributed by atoms with Crippen LogP contribution in [-0.4, -0.2) is 5.88 Å². The molecular formula is C10H17Cl. The van der Waals surface area contributed by atoms with Gasteiger partial charge in [0.25, 0.3) is 0 Å². The Morgan fingerprint density at radius 3 is 2.00 bits per heavy atom. The molecule has 2 bridgehead atoms. The molecule has 0 N–H and O–H groups in total. The maximum atomic E-state index is 6.07. The van der Waals surface area contributed by atoms with Crippen molar-refractivity contribution in [3.8, 4) is 0 Å². The summed E-state index contributed by atoms with van der Waals surface area (Å²) >= 11 is 6.07. The molecule has 11 heavy (non-hydrogen) atoms. The van der Waals surface area contributed by atoms with Gasteiger partial charge in [-0.3, -0.25) is 0 Å². The van der Waals surface area contributed by atoms with Gasteiger partial charge < -0.3 is 0 Å². The summed E-state index contributed by atoms with van der Waals surface area (Å²) in [6.45, 7) is 4.83. The zero-order valence-corrected chi connectivity index (χ0v) is 8.25. The molecule has 0 radical (unpaired) electrons. The van der Waals surface area contributed by atoms with Crippen molar-refractivity contribution in [2.75, 3.05) is 5.88 Å². The molecule has 2 aliphatic carbocycles. The largest absolute Gasteiger partial charge is 0.126 e. The monoisotopic (exact) mass is 172 g/mol. The van der Waals surface area contributed by atoms with Gasteiger partial charge in [-0.05, 0) is 42.4 Å². The molecule has 2 saturated carbocycles. The standard InChI is InChI=1S/C10H17Cl/c1-9-5-3-8(4-6-9)10(9,2)7-11/h8H,3-7H2,1-2H3/t8?,9?,10-/m0/s1. The first kappa shape index (κ1) is 7.91. The first-order valence-electron chi connectivity index (χ1n) is 4.68. The van der Waals surface area contributed by atoms with Gasteiger partial charge in [-0.2, -0.15) is 0 Å². The van der Waals surface area contributed by atoms with Crippen molar-refractivity contribution in [3.05, 3.63) is 0 Å². The minimum atomic E-state index is 0.467. The van der Waals surface area contributed by atoms with E-state index in [4.69, 9.17) is 11.6 Å². The fourth-order valence-corrected chi connectivity index (χ4v) is 3.77. The number of hydrogen-bond donors (Lipinski definition) is 0. The van der Waals surface area contributed by atoms with Crippen molar-refractivity contribution in [1.29, 1.82) is 0 Å². The van der Waals surface area contributed by atoms with E-state index >= 15 is 0 Å². The average Bonchev–Trinajstić information content (AvgIpc) is 2.39. The van der Waals surface area contributed by atoms with E-state index in [9.17, 15) is 0 Å². The van der Waals surface area contributed by atoms with Crippen LogP contribution >= 0.6 is 11.6 Å². The third kappa shape index (κ3) is 0.771. The summed E-state index contributed by atoms with van der Waals surface area (Å²) in [6.07, 6.45) is 5.70. The third-order valence-electron chi connectivity index (χ3n) is 4.65. The van der Waals surface area contributed by atoms with Crippen LogP contribution in [0.25, 0.3) is 0 Å². The van der Waals surface area contributed by atoms with Gasteiger partial charge in [-0.1, -0.05) is 13.8 Å². The fourth-order valence-electron chi connectivity index (χ4n) is 3.23. The second kappa shape index (κ2) is 2.16. The summed E-state index contributed by atoms with van der Waals surface area (Å²) in [4.78, 5) is 0. The van der Waals surface area contributed by atoms with Gasteiger partial charge in [-0.15, -0.1) is 11.6 Å². The predicted molar refractivity (Wildman–Crippen MR) is 48.9 cm³/mol. The molecule has 1 heteroatoms. The Balaban J connectivity index is 2.34. The number of fused-ring (bicyclic) bond motifs is 2. The number of halogens is 1. The molecule has 0 aromatic heterocycles. The van der Waals surface area contributed by atoms with Crippen LogP contribution in [0.5, 0.6) is 0 Å². The molecule has 0 nitrogen and oxygen atoms in total. The quantitative estimate of drug-likeness (QED) is 0.532. The lowest BCUT2D eigenvalue weighted by molar-refractivity contribution is 0.156. The maximum Gasteiger partial charge on any atom is 0.0285 e. The van der Waals surface area contributed by atoms with Gasteiger partial charge in [0.2, 0.25) is 0 Å². The molecule has 2 rings (SSSR count). The zero-order valence-electron chi connectivity index (χ0n) is 7.49. The van der Waals surface area contributed by atoms with Crippen LogP contribution in [-0.2, 0) is 0 Å². The van der Waals surface area contributed by atoms with E-state index in [0.29, 0.717) is 10.8 Å². The zero-order chi connectivity index (χ0) is 8.11. The maximum absolute atomic E-state index is 6.07. The van der Waals surface area contributed by atoms with E-state index in [1.54, 1.807) is 0 Å². The molecule has 0 aromatic rings. The molecule has 2 aliphatic rings. The van der Waals surface area contributed by atoms with E-state index < -0.39 is 0 Å². The van der Waals surface area contributed by atoms with Gasteiger partial charge >= 0.3 is 0 Å². The second-order valence-electron chi connectivity index (χ2n) is 4.89. The minimum Gasteiger partial charge on any atom is -0.126 e. The van der Waals surface area contributed by atoms with Crippen molar-refractivity contribution in [2.24, 2.45) is 16.7 Å². The van der Waals surface area contributed by atoms with Crippen molar-refractivity contribution < 1.29 is 0 Å². The highest BCUT2D eigenvalue weighted by Gasteiger charge is 2.57. The summed E-state index contributed by atoms with van der Waals surface area (Å²) in [5.74, 6) is 1.80. The molecule has 0 heterocycles. The van der Waals surface area contributed by atoms with Gasteiger partial charge in [0.05, 0.1) is 0 Å². The number of alkyl halides is 1. The summed E-state index contributed by atoms with van der Waals surface area (Å²) in [6, 6.07) is 0. The van der Waals surface area contributed by atoms with Crippen LogP contribution in [0.3, 0.4) is 0 Å². The molecule has 0 spiro atoms. The summed E-state index contributed by atoms with van der Waals surface area (Å²) in [7, 11) is 0. The van der Waals surface area contributed by atoms with Crippen molar-refractivity contribution in [2.45, 2.75) is 39.5 Å². The Morgan fingerprint density at radius 2 is 1.82 bits per heavy atom. The highest BCUT2D eigenvalue weighted by molar-refractivity contribution is 6.18. The van der Waals surface area contributed by atoms with Gasteiger partial charge in [0, 0.05) is 5.88 Å². The number of hydrogen-bond acceptors (Lipinski definition) is 0. The first-order chi connectivity index (χ1) is 5.12. The van der Waals surface area contributed by atoms with Crippen LogP contribution < -0.4 is 0 Å². The molecule has 1 atom stereocenters. The van der Waals surface area contributed by atoms with Crippen LogP contribution in [0.1, 0.15) is 39.5 Å². The van der Waals surface area contributed by atoms with Crippen molar-refractivity contribution in [1.82, 2.24) is 0 Å². The fraction of sp³-hybridized carbons (Fsp3) is 1.00. The van der Waals surface area contributed by atoms with Crippen LogP contribution in [0.15, 0.2) is 0 Å². The van der Waals surface area contributed by atoms with Crippen molar-refractivity contribution in [3.63, 3.8) is 0 Å². The Bertz CT molecular complexity index is 168. The molecular weight excluding hydrogens is 156 g/mol. The predicted octanol–water partition coefficient (Wildman–Crippen LogP) is 3.44. The normalized spacial score (nSPS) is 55.4. The van der Waals surface area contributed by atoms with Gasteiger partial charge in [0.1, 0.15) is 0 Å². The van der Waals surface area contributed by atoms with Gasteiger partial charge in [-0.25, -0.2) is 0 Å². The Hall–Kier alpha value is 0.290. The minimum absolute atomic E-state index is 0.467. The molecule has 64 valence electrons. The van der Waals surface area contributed by atoms with Crippen LogP contribution in [0.4, 0.5) is 0 Å². The summed E-state index contributed by atoms with van der Waals surface area (Å²) in [5.41, 5.74) is 1.05. The lowest BCUT2D eigenvalue weighted by atomic mass is 9.71. The van der Waals surface area contributed by atoms with Crippen molar-refractivity contribution >= 4 is 11.6 Å². The Kier molecular flexibility index (Phi) is 1.55. The van der Waals surface area contributed by atoms with Crippen LogP contribution in [0.2, 0.25) is 0 Å². The Morgan fingerprint density at radius 1 is 1.27 bits per heavy atom. The topological polar surface area (TPSA) is 0 Å². The van der Waals surface area contributed by atoms with E-state index in [1.165, 1.54) is 25.7 Å². The van der Waals surface area contributed by atoms with Gasteiger partial charge in [0.15, 0.2) is 0 Å². The molecule has 0 unspecified atom stereocenters. The van der Waals surface area contributed by atoms with Crippen LogP contribution in [0, 0.1) is 16.7 Å². The highest BCUT2D eigenvalue weighted by Crippen LogP contribution is 2.65. The molecule has 0 amide bonds. The van der Waals surface area contributed by atoms with E-state index in [2.05, 4.69) is 13.8 Å². The highest BCUT2D eigenvalue weighted by atomic mass is 35.5. The smallest absolute Gasteiger partial charge is 0.0285 e. The molecule has 0 aromatic carbocycles. The lowest BCUT2D eigenvalue weighted by Gasteiger charge is -2.36. The average molecular weight is 173 g/mol.